The highest BCUT2D eigenvalue weighted by atomic mass is 16.3. The van der Waals surface area contributed by atoms with Crippen LogP contribution in [0.15, 0.2) is 30.9 Å². The maximum Gasteiger partial charge on any atom is 0.0969 e. The normalized spacial score (nSPS) is 11.2. The quantitative estimate of drug-likeness (QED) is 0.710. The van der Waals surface area contributed by atoms with Gasteiger partial charge in [-0.3, -0.25) is 0 Å². The van der Waals surface area contributed by atoms with Gasteiger partial charge in [0.25, 0.3) is 0 Å². The SMILES string of the molecule is C=CC(O)c1cc(C)cc(C)c1.CC. The standard InChI is InChI=1S/C11H14O.C2H6/c1-4-11(12)10-6-8(2)5-9(3)7-10;1-2/h4-7,11-12H,1H2,2-3H3;1-2H3. The van der Waals surface area contributed by atoms with Crippen molar-refractivity contribution in [3.63, 3.8) is 0 Å². The van der Waals surface area contributed by atoms with Gasteiger partial charge < -0.3 is 5.11 Å². The molecule has 1 heteroatoms. The van der Waals surface area contributed by atoms with Crippen LogP contribution >= 0.6 is 0 Å². The molecule has 0 saturated heterocycles. The molecule has 1 N–H and O–H groups in total. The highest BCUT2D eigenvalue weighted by Crippen LogP contribution is 2.16. The monoisotopic (exact) mass is 192 g/mol. The first-order valence-corrected chi connectivity index (χ1v) is 5.02. The van der Waals surface area contributed by atoms with Gasteiger partial charge in [-0.25, -0.2) is 0 Å². The Kier molecular flexibility index (Phi) is 5.89. The van der Waals surface area contributed by atoms with Crippen LogP contribution in [0.25, 0.3) is 0 Å². The molecule has 0 heterocycles. The smallest absolute Gasteiger partial charge is 0.0969 e. The fraction of sp³-hybridized carbons (Fsp3) is 0.385. The van der Waals surface area contributed by atoms with E-state index in [-0.39, 0.29) is 0 Å². The Morgan fingerprint density at radius 2 is 1.57 bits per heavy atom. The van der Waals surface area contributed by atoms with Crippen LogP contribution in [0.5, 0.6) is 0 Å². The zero-order valence-corrected chi connectivity index (χ0v) is 9.54. The molecular weight excluding hydrogens is 172 g/mol. The van der Waals surface area contributed by atoms with Gasteiger partial charge in [0.1, 0.15) is 0 Å². The molecule has 1 unspecified atom stereocenters. The second-order valence-electron chi connectivity index (χ2n) is 3.10. The molecule has 0 spiro atoms. The minimum atomic E-state index is -0.538. The summed E-state index contributed by atoms with van der Waals surface area (Å²) in [5.41, 5.74) is 3.26. The molecule has 1 atom stereocenters. The van der Waals surface area contributed by atoms with Gasteiger partial charge in [-0.05, 0) is 19.4 Å². The fourth-order valence-corrected chi connectivity index (χ4v) is 1.32. The first-order chi connectivity index (χ1) is 6.63. The van der Waals surface area contributed by atoms with E-state index in [2.05, 4.69) is 12.6 Å². The van der Waals surface area contributed by atoms with Gasteiger partial charge in [0.15, 0.2) is 0 Å². The first-order valence-electron chi connectivity index (χ1n) is 5.02. The molecule has 0 radical (unpaired) electrons. The Morgan fingerprint density at radius 3 is 1.93 bits per heavy atom. The molecule has 78 valence electrons. The molecule has 0 aromatic heterocycles. The van der Waals surface area contributed by atoms with Crippen molar-refractivity contribution in [1.82, 2.24) is 0 Å². The van der Waals surface area contributed by atoms with Gasteiger partial charge in [0, 0.05) is 0 Å². The molecule has 0 amide bonds. The van der Waals surface area contributed by atoms with E-state index in [1.807, 2.05) is 39.8 Å². The van der Waals surface area contributed by atoms with Crippen molar-refractivity contribution in [2.24, 2.45) is 0 Å². The van der Waals surface area contributed by atoms with Gasteiger partial charge in [0.05, 0.1) is 6.10 Å². The number of hydrogen-bond donors (Lipinski definition) is 1. The van der Waals surface area contributed by atoms with Crippen molar-refractivity contribution < 1.29 is 5.11 Å². The summed E-state index contributed by atoms with van der Waals surface area (Å²) in [6, 6.07) is 6.03. The van der Waals surface area contributed by atoms with Crippen molar-refractivity contribution in [3.8, 4) is 0 Å². The summed E-state index contributed by atoms with van der Waals surface area (Å²) in [5, 5.41) is 9.46. The molecule has 1 nitrogen and oxygen atoms in total. The van der Waals surface area contributed by atoms with Gasteiger partial charge in [-0.2, -0.15) is 0 Å². The zero-order chi connectivity index (χ0) is 11.1. The topological polar surface area (TPSA) is 20.2 Å². The molecule has 0 saturated carbocycles. The van der Waals surface area contributed by atoms with Crippen molar-refractivity contribution in [2.45, 2.75) is 33.8 Å². The number of aryl methyl sites for hydroxylation is 2. The third-order valence-corrected chi connectivity index (χ3v) is 1.81. The van der Waals surface area contributed by atoms with Crippen LogP contribution in [-0.2, 0) is 0 Å². The Morgan fingerprint density at radius 1 is 1.14 bits per heavy atom. The van der Waals surface area contributed by atoms with Crippen LogP contribution in [0.4, 0.5) is 0 Å². The molecule has 0 aliphatic carbocycles. The Balaban J connectivity index is 0.000000791. The first kappa shape index (κ1) is 12.9. The molecule has 0 bridgehead atoms. The summed E-state index contributed by atoms with van der Waals surface area (Å²) in [6.45, 7) is 11.6. The fourth-order valence-electron chi connectivity index (χ4n) is 1.32. The second kappa shape index (κ2) is 6.39. The Hall–Kier alpha value is -1.08. The lowest BCUT2D eigenvalue weighted by Crippen LogP contribution is -1.93. The van der Waals surface area contributed by atoms with Crippen LogP contribution in [-0.4, -0.2) is 5.11 Å². The van der Waals surface area contributed by atoms with Gasteiger partial charge >= 0.3 is 0 Å². The summed E-state index contributed by atoms with van der Waals surface area (Å²) in [7, 11) is 0. The van der Waals surface area contributed by atoms with Gasteiger partial charge in [-0.1, -0.05) is 49.2 Å². The highest BCUT2D eigenvalue weighted by Gasteiger charge is 2.02. The second-order valence-corrected chi connectivity index (χ2v) is 3.10. The van der Waals surface area contributed by atoms with Crippen LogP contribution < -0.4 is 0 Å². The van der Waals surface area contributed by atoms with E-state index < -0.39 is 6.10 Å². The Bertz CT molecular complexity index is 269. The molecule has 1 aromatic carbocycles. The molecule has 0 aliphatic heterocycles. The van der Waals surface area contributed by atoms with E-state index in [4.69, 9.17) is 0 Å². The molecule has 0 fully saturated rings. The molecule has 0 aliphatic rings. The van der Waals surface area contributed by atoms with Crippen molar-refractivity contribution in [3.05, 3.63) is 47.5 Å². The van der Waals surface area contributed by atoms with E-state index in [1.165, 1.54) is 17.2 Å². The highest BCUT2D eigenvalue weighted by molar-refractivity contribution is 5.31. The molecule has 1 rings (SSSR count). The predicted molar refractivity (Wildman–Crippen MR) is 62.4 cm³/mol. The van der Waals surface area contributed by atoms with E-state index in [0.29, 0.717) is 0 Å². The number of benzene rings is 1. The van der Waals surface area contributed by atoms with Gasteiger partial charge in [-0.15, -0.1) is 6.58 Å². The van der Waals surface area contributed by atoms with E-state index >= 15 is 0 Å². The zero-order valence-electron chi connectivity index (χ0n) is 9.54. The molecular formula is C13H20O. The number of rotatable bonds is 2. The van der Waals surface area contributed by atoms with Crippen molar-refractivity contribution >= 4 is 0 Å². The van der Waals surface area contributed by atoms with E-state index in [0.717, 1.165) is 5.56 Å². The third kappa shape index (κ3) is 3.75. The average Bonchev–Trinajstić information content (AvgIpc) is 2.18. The number of aliphatic hydroxyl groups excluding tert-OH is 1. The van der Waals surface area contributed by atoms with E-state index in [9.17, 15) is 5.11 Å². The van der Waals surface area contributed by atoms with Crippen LogP contribution in [0, 0.1) is 13.8 Å². The van der Waals surface area contributed by atoms with Crippen LogP contribution in [0.2, 0.25) is 0 Å². The third-order valence-electron chi connectivity index (χ3n) is 1.81. The lowest BCUT2D eigenvalue weighted by atomic mass is 10.0. The van der Waals surface area contributed by atoms with Crippen LogP contribution in [0.1, 0.15) is 36.6 Å². The minimum Gasteiger partial charge on any atom is -0.384 e. The van der Waals surface area contributed by atoms with Crippen molar-refractivity contribution in [2.75, 3.05) is 0 Å². The van der Waals surface area contributed by atoms with Gasteiger partial charge in [0.2, 0.25) is 0 Å². The summed E-state index contributed by atoms with van der Waals surface area (Å²) < 4.78 is 0. The molecule has 1 aromatic rings. The Labute approximate surface area is 87.1 Å². The number of hydrogen-bond acceptors (Lipinski definition) is 1. The lowest BCUT2D eigenvalue weighted by molar-refractivity contribution is 0.229. The lowest BCUT2D eigenvalue weighted by Gasteiger charge is -2.07. The minimum absolute atomic E-state index is 0.538. The summed E-state index contributed by atoms with van der Waals surface area (Å²) in [6.07, 6.45) is 0.998. The largest absolute Gasteiger partial charge is 0.384 e. The van der Waals surface area contributed by atoms with Crippen LogP contribution in [0.3, 0.4) is 0 Å². The predicted octanol–water partition coefficient (Wildman–Crippen LogP) is 3.55. The summed E-state index contributed by atoms with van der Waals surface area (Å²) in [5.74, 6) is 0. The van der Waals surface area contributed by atoms with E-state index in [1.54, 1.807) is 0 Å². The number of aliphatic hydroxyl groups is 1. The molecule has 14 heavy (non-hydrogen) atoms. The van der Waals surface area contributed by atoms with Crippen molar-refractivity contribution in [1.29, 1.82) is 0 Å². The summed E-state index contributed by atoms with van der Waals surface area (Å²) >= 11 is 0. The maximum atomic E-state index is 9.46. The maximum absolute atomic E-state index is 9.46. The summed E-state index contributed by atoms with van der Waals surface area (Å²) in [4.78, 5) is 0. The average molecular weight is 192 g/mol.